The van der Waals surface area contributed by atoms with Crippen LogP contribution in [0.3, 0.4) is 0 Å². The van der Waals surface area contributed by atoms with E-state index >= 15 is 0 Å². The first kappa shape index (κ1) is 30.8. The van der Waals surface area contributed by atoms with Gasteiger partial charge in [-0.05, 0) is 84.7 Å². The summed E-state index contributed by atoms with van der Waals surface area (Å²) in [5.74, 6) is 0.787. The fourth-order valence-electron chi connectivity index (χ4n) is 4.70. The second kappa shape index (κ2) is 12.9. The number of rotatable bonds is 12. The topological polar surface area (TPSA) is 113 Å². The van der Waals surface area contributed by atoms with E-state index in [0.717, 1.165) is 16.6 Å². The van der Waals surface area contributed by atoms with Gasteiger partial charge in [-0.1, -0.05) is 12.1 Å². The number of benzene rings is 2. The van der Waals surface area contributed by atoms with Crippen LogP contribution < -0.4 is 10.1 Å². The highest BCUT2D eigenvalue weighted by atomic mass is 79.9. The van der Waals surface area contributed by atoms with Crippen LogP contribution in [0.25, 0.3) is 10.9 Å². The molecule has 0 radical (unpaired) electrons. The zero-order valence-corrected chi connectivity index (χ0v) is 26.4. The Labute approximate surface area is 258 Å². The van der Waals surface area contributed by atoms with Crippen molar-refractivity contribution in [1.29, 1.82) is 0 Å². The minimum atomic E-state index is -3.24. The summed E-state index contributed by atoms with van der Waals surface area (Å²) in [6.45, 7) is 5.45. The van der Waals surface area contributed by atoms with Crippen molar-refractivity contribution in [1.82, 2.24) is 15.0 Å². The SMILES string of the molecule is CC(OCCS(=O)(=O)C(C)C)C1(c2cc3c(Nc4ccc(OCc5cccc(F)c5)c(Br)c4)ncnc3cn2)CC=CO1. The predicted octanol–water partition coefficient (Wildman–Crippen LogP) is 6.61. The lowest BCUT2D eigenvalue weighted by Crippen LogP contribution is -2.40. The molecule has 226 valence electrons. The number of hydrogen-bond donors (Lipinski definition) is 1. The Kier molecular flexibility index (Phi) is 9.28. The van der Waals surface area contributed by atoms with Crippen LogP contribution in [-0.2, 0) is 31.5 Å². The van der Waals surface area contributed by atoms with Crippen molar-refractivity contribution in [2.45, 2.75) is 50.8 Å². The number of pyridine rings is 1. The van der Waals surface area contributed by atoms with E-state index < -0.39 is 26.8 Å². The molecule has 2 atom stereocenters. The fraction of sp³-hybridized carbons (Fsp3) is 0.323. The third kappa shape index (κ3) is 6.97. The average molecular weight is 672 g/mol. The molecule has 1 N–H and O–H groups in total. The van der Waals surface area contributed by atoms with Gasteiger partial charge in [-0.15, -0.1) is 0 Å². The molecule has 5 rings (SSSR count). The quantitative estimate of drug-likeness (QED) is 0.178. The predicted molar refractivity (Wildman–Crippen MR) is 166 cm³/mol. The minimum Gasteiger partial charge on any atom is -0.488 e. The lowest BCUT2D eigenvalue weighted by Gasteiger charge is -2.34. The highest BCUT2D eigenvalue weighted by molar-refractivity contribution is 9.10. The van der Waals surface area contributed by atoms with Gasteiger partial charge in [-0.25, -0.2) is 22.8 Å². The van der Waals surface area contributed by atoms with E-state index in [0.29, 0.717) is 33.7 Å². The van der Waals surface area contributed by atoms with E-state index in [1.165, 1.54) is 18.5 Å². The molecule has 1 aliphatic rings. The van der Waals surface area contributed by atoms with Crippen LogP contribution in [0, 0.1) is 5.82 Å². The van der Waals surface area contributed by atoms with Crippen molar-refractivity contribution < 1.29 is 27.0 Å². The Balaban J connectivity index is 1.35. The van der Waals surface area contributed by atoms with Crippen LogP contribution in [0.15, 0.2) is 77.9 Å². The van der Waals surface area contributed by atoms with Crippen LogP contribution in [0.4, 0.5) is 15.9 Å². The Morgan fingerprint density at radius 2 is 1.95 bits per heavy atom. The van der Waals surface area contributed by atoms with Gasteiger partial charge in [-0.3, -0.25) is 4.98 Å². The van der Waals surface area contributed by atoms with Gasteiger partial charge in [0.15, 0.2) is 15.4 Å². The summed E-state index contributed by atoms with van der Waals surface area (Å²) in [6.07, 6.45) is 6.65. The second-order valence-electron chi connectivity index (χ2n) is 10.5. The molecule has 0 spiro atoms. The van der Waals surface area contributed by atoms with E-state index in [-0.39, 0.29) is 24.8 Å². The molecule has 0 saturated heterocycles. The lowest BCUT2D eigenvalue weighted by atomic mass is 9.89. The third-order valence-electron chi connectivity index (χ3n) is 7.34. The molecule has 1 aliphatic heterocycles. The van der Waals surface area contributed by atoms with Gasteiger partial charge in [0.1, 0.15) is 36.4 Å². The van der Waals surface area contributed by atoms with Gasteiger partial charge in [0, 0.05) is 17.5 Å². The zero-order valence-electron chi connectivity index (χ0n) is 24.0. The molecule has 3 heterocycles. The normalized spacial score (nSPS) is 17.3. The summed E-state index contributed by atoms with van der Waals surface area (Å²) >= 11 is 3.56. The average Bonchev–Trinajstić information content (AvgIpc) is 3.48. The van der Waals surface area contributed by atoms with Crippen LogP contribution in [0.5, 0.6) is 5.75 Å². The lowest BCUT2D eigenvalue weighted by molar-refractivity contribution is -0.0988. The van der Waals surface area contributed by atoms with E-state index in [1.807, 2.05) is 37.3 Å². The highest BCUT2D eigenvalue weighted by Gasteiger charge is 2.44. The van der Waals surface area contributed by atoms with Crippen molar-refractivity contribution in [3.63, 3.8) is 0 Å². The number of nitrogens with zero attached hydrogens (tertiary/aromatic N) is 3. The first-order chi connectivity index (χ1) is 20.6. The smallest absolute Gasteiger partial charge is 0.179 e. The van der Waals surface area contributed by atoms with Gasteiger partial charge in [0.2, 0.25) is 0 Å². The van der Waals surface area contributed by atoms with Crippen LogP contribution in [-0.4, -0.2) is 47.1 Å². The fourth-order valence-corrected chi connectivity index (χ4v) is 5.99. The van der Waals surface area contributed by atoms with Crippen LogP contribution in [0.2, 0.25) is 0 Å². The first-order valence-electron chi connectivity index (χ1n) is 13.8. The molecule has 2 unspecified atom stereocenters. The number of ether oxygens (including phenoxy) is 3. The van der Waals surface area contributed by atoms with Crippen LogP contribution >= 0.6 is 15.9 Å². The molecule has 0 fully saturated rings. The summed E-state index contributed by atoms with van der Waals surface area (Å²) in [5.41, 5.74) is 1.79. The summed E-state index contributed by atoms with van der Waals surface area (Å²) in [5, 5.41) is 3.60. The summed E-state index contributed by atoms with van der Waals surface area (Å²) in [4.78, 5) is 13.5. The Morgan fingerprint density at radius 1 is 1.12 bits per heavy atom. The van der Waals surface area contributed by atoms with Crippen molar-refractivity contribution in [3.8, 4) is 5.75 Å². The maximum atomic E-state index is 13.5. The second-order valence-corrected chi connectivity index (χ2v) is 14.0. The molecule has 4 aromatic rings. The first-order valence-corrected chi connectivity index (χ1v) is 16.3. The monoisotopic (exact) mass is 670 g/mol. The standard InChI is InChI=1S/C31H32BrFN4O5S/c1-20(2)43(38,39)13-12-40-21(3)31(10-5-11-42-31)29-16-25-27(17-34-29)35-19-36-30(25)37-24-8-9-28(26(32)15-24)41-18-22-6-4-7-23(33)14-22/h4-9,11,14-17,19-21H,10,12-13,18H2,1-3H3,(H,35,36,37). The minimum absolute atomic E-state index is 0.0487. The van der Waals surface area contributed by atoms with Crippen molar-refractivity contribution in [2.24, 2.45) is 0 Å². The van der Waals surface area contributed by atoms with Crippen molar-refractivity contribution >= 4 is 48.2 Å². The van der Waals surface area contributed by atoms with E-state index in [2.05, 4.69) is 36.2 Å². The Bertz CT molecular complexity index is 1740. The number of sulfone groups is 1. The Morgan fingerprint density at radius 3 is 2.67 bits per heavy atom. The van der Waals surface area contributed by atoms with Gasteiger partial charge in [0.25, 0.3) is 0 Å². The number of aromatic nitrogens is 3. The number of halogens is 2. The van der Waals surface area contributed by atoms with Gasteiger partial charge < -0.3 is 19.5 Å². The number of hydrogen-bond acceptors (Lipinski definition) is 9. The van der Waals surface area contributed by atoms with E-state index in [1.54, 1.807) is 38.4 Å². The molecule has 0 saturated carbocycles. The number of nitrogens with one attached hydrogen (secondary N) is 1. The Hall–Kier alpha value is -3.61. The molecular formula is C31H32BrFN4O5S. The maximum Gasteiger partial charge on any atom is 0.179 e. The van der Waals surface area contributed by atoms with Crippen molar-refractivity contribution in [2.75, 3.05) is 17.7 Å². The molecule has 2 aromatic heterocycles. The van der Waals surface area contributed by atoms with Crippen molar-refractivity contribution in [3.05, 3.63) is 94.9 Å². The van der Waals surface area contributed by atoms with E-state index in [4.69, 9.17) is 14.2 Å². The van der Waals surface area contributed by atoms with Gasteiger partial charge in [0.05, 0.1) is 45.8 Å². The van der Waals surface area contributed by atoms with Crippen LogP contribution in [0.1, 0.15) is 38.4 Å². The number of fused-ring (bicyclic) bond motifs is 1. The molecule has 9 nitrogen and oxygen atoms in total. The molecule has 0 amide bonds. The molecular weight excluding hydrogens is 639 g/mol. The molecule has 12 heteroatoms. The van der Waals surface area contributed by atoms with E-state index in [9.17, 15) is 12.8 Å². The van der Waals surface area contributed by atoms with Gasteiger partial charge >= 0.3 is 0 Å². The molecule has 2 aromatic carbocycles. The van der Waals surface area contributed by atoms with Gasteiger partial charge in [-0.2, -0.15) is 0 Å². The zero-order chi connectivity index (χ0) is 30.6. The summed E-state index contributed by atoms with van der Waals surface area (Å²) < 4.78 is 56.8. The summed E-state index contributed by atoms with van der Waals surface area (Å²) in [7, 11) is -3.24. The maximum absolute atomic E-state index is 13.5. The highest BCUT2D eigenvalue weighted by Crippen LogP contribution is 2.40. The molecule has 43 heavy (non-hydrogen) atoms. The largest absolute Gasteiger partial charge is 0.488 e. The molecule has 0 aliphatic carbocycles. The number of anilines is 2. The summed E-state index contributed by atoms with van der Waals surface area (Å²) in [6, 6.07) is 13.7. The third-order valence-corrected chi connectivity index (χ3v) is 10.1. The molecule has 0 bridgehead atoms.